The van der Waals surface area contributed by atoms with Crippen LogP contribution >= 0.6 is 0 Å². The van der Waals surface area contributed by atoms with Crippen LogP contribution < -0.4 is 10.5 Å². The van der Waals surface area contributed by atoms with Gasteiger partial charge in [0.1, 0.15) is 11.5 Å². The van der Waals surface area contributed by atoms with E-state index in [-0.39, 0.29) is 0 Å². The van der Waals surface area contributed by atoms with Crippen molar-refractivity contribution in [1.82, 2.24) is 9.97 Å². The molecule has 0 saturated carbocycles. The predicted octanol–water partition coefficient (Wildman–Crippen LogP) is 2.04. The van der Waals surface area contributed by atoms with Gasteiger partial charge >= 0.3 is 0 Å². The molecule has 2 aromatic heterocycles. The molecule has 0 saturated heterocycles. The maximum Gasteiger partial charge on any atom is 0.150 e. The van der Waals surface area contributed by atoms with Crippen LogP contribution in [-0.2, 0) is 6.54 Å². The van der Waals surface area contributed by atoms with Crippen molar-refractivity contribution in [3.05, 3.63) is 48.0 Å². The Labute approximate surface area is 94.1 Å². The first-order chi connectivity index (χ1) is 7.79. The summed E-state index contributed by atoms with van der Waals surface area (Å²) in [6.07, 6.45) is 3.38. The summed E-state index contributed by atoms with van der Waals surface area (Å²) in [6.45, 7) is 2.29. The largest absolute Gasteiger partial charge is 0.454 e. The number of nitrogens with two attached hydrogens (primary N) is 1. The third-order valence-corrected chi connectivity index (χ3v) is 2.15. The second-order valence-corrected chi connectivity index (χ2v) is 3.39. The molecule has 0 bridgehead atoms. The van der Waals surface area contributed by atoms with Crippen LogP contribution in [0.15, 0.2) is 36.7 Å². The van der Waals surface area contributed by atoms with E-state index in [2.05, 4.69) is 9.97 Å². The van der Waals surface area contributed by atoms with E-state index in [4.69, 9.17) is 10.5 Å². The van der Waals surface area contributed by atoms with Crippen LogP contribution in [0.2, 0.25) is 0 Å². The monoisotopic (exact) mass is 215 g/mol. The molecule has 0 aliphatic carbocycles. The molecule has 0 spiro atoms. The molecular weight excluding hydrogens is 202 g/mol. The van der Waals surface area contributed by atoms with Crippen molar-refractivity contribution in [3.63, 3.8) is 0 Å². The van der Waals surface area contributed by atoms with Gasteiger partial charge in [0.15, 0.2) is 0 Å². The van der Waals surface area contributed by atoms with Crippen molar-refractivity contribution in [1.29, 1.82) is 0 Å². The van der Waals surface area contributed by atoms with Crippen LogP contribution in [0.3, 0.4) is 0 Å². The Morgan fingerprint density at radius 3 is 2.81 bits per heavy atom. The average molecular weight is 215 g/mol. The number of nitrogens with zero attached hydrogens (tertiary/aromatic N) is 2. The maximum absolute atomic E-state index is 5.65. The smallest absolute Gasteiger partial charge is 0.150 e. The third kappa shape index (κ3) is 2.35. The fourth-order valence-electron chi connectivity index (χ4n) is 1.31. The van der Waals surface area contributed by atoms with Gasteiger partial charge in [0.25, 0.3) is 0 Å². The van der Waals surface area contributed by atoms with Crippen molar-refractivity contribution in [2.45, 2.75) is 13.5 Å². The first-order valence-corrected chi connectivity index (χ1v) is 5.04. The van der Waals surface area contributed by atoms with Crippen LogP contribution in [0.5, 0.6) is 11.5 Å². The number of aromatic nitrogens is 2. The van der Waals surface area contributed by atoms with Gasteiger partial charge in [-0.25, -0.2) is 0 Å². The van der Waals surface area contributed by atoms with Gasteiger partial charge in [-0.3, -0.25) is 9.97 Å². The Balaban J connectivity index is 2.23. The Morgan fingerprint density at radius 2 is 2.12 bits per heavy atom. The van der Waals surface area contributed by atoms with Crippen LogP contribution in [0.4, 0.5) is 0 Å². The number of hydrogen-bond donors (Lipinski definition) is 1. The van der Waals surface area contributed by atoms with E-state index >= 15 is 0 Å². The van der Waals surface area contributed by atoms with Crippen LogP contribution in [0.1, 0.15) is 11.4 Å². The van der Waals surface area contributed by atoms with Crippen molar-refractivity contribution < 1.29 is 4.74 Å². The van der Waals surface area contributed by atoms with E-state index in [1.807, 2.05) is 31.2 Å². The van der Waals surface area contributed by atoms with E-state index in [1.165, 1.54) is 0 Å². The zero-order valence-corrected chi connectivity index (χ0v) is 9.05. The molecule has 0 unspecified atom stereocenters. The lowest BCUT2D eigenvalue weighted by Crippen LogP contribution is -2.01. The summed E-state index contributed by atoms with van der Waals surface area (Å²) in [5.74, 6) is 1.36. The molecule has 0 fully saturated rings. The molecule has 2 N–H and O–H groups in total. The molecule has 0 atom stereocenters. The summed E-state index contributed by atoms with van der Waals surface area (Å²) in [7, 11) is 0. The summed E-state index contributed by atoms with van der Waals surface area (Å²) in [6, 6.07) is 7.43. The molecule has 0 aromatic carbocycles. The molecule has 82 valence electrons. The van der Waals surface area contributed by atoms with Gasteiger partial charge in [0.05, 0.1) is 11.9 Å². The van der Waals surface area contributed by atoms with Gasteiger partial charge in [0, 0.05) is 18.4 Å². The lowest BCUT2D eigenvalue weighted by atomic mass is 10.3. The van der Waals surface area contributed by atoms with Crippen molar-refractivity contribution in [2.75, 3.05) is 0 Å². The quantitative estimate of drug-likeness (QED) is 0.851. The van der Waals surface area contributed by atoms with Crippen LogP contribution in [-0.4, -0.2) is 9.97 Å². The highest BCUT2D eigenvalue weighted by Gasteiger charge is 2.03. The van der Waals surface area contributed by atoms with Gasteiger partial charge in [0.2, 0.25) is 0 Å². The lowest BCUT2D eigenvalue weighted by Gasteiger charge is -2.08. The highest BCUT2D eigenvalue weighted by Crippen LogP contribution is 2.22. The molecule has 0 amide bonds. The van der Waals surface area contributed by atoms with Crippen molar-refractivity contribution in [2.24, 2.45) is 5.73 Å². The van der Waals surface area contributed by atoms with Gasteiger partial charge in [-0.1, -0.05) is 0 Å². The number of hydrogen-bond acceptors (Lipinski definition) is 4. The van der Waals surface area contributed by atoms with Crippen molar-refractivity contribution in [3.8, 4) is 11.5 Å². The van der Waals surface area contributed by atoms with E-state index in [0.29, 0.717) is 18.0 Å². The topological polar surface area (TPSA) is 61.0 Å². The number of ether oxygens (including phenoxy) is 1. The summed E-state index contributed by atoms with van der Waals surface area (Å²) < 4.78 is 5.65. The highest BCUT2D eigenvalue weighted by atomic mass is 16.5. The van der Waals surface area contributed by atoms with Crippen molar-refractivity contribution >= 4 is 0 Å². The van der Waals surface area contributed by atoms with E-state index in [1.54, 1.807) is 12.4 Å². The van der Waals surface area contributed by atoms with Gasteiger partial charge in [-0.05, 0) is 31.2 Å². The summed E-state index contributed by atoms with van der Waals surface area (Å²) in [5, 5.41) is 0. The molecule has 16 heavy (non-hydrogen) atoms. The maximum atomic E-state index is 5.65. The Bertz CT molecular complexity index is 468. The summed E-state index contributed by atoms with van der Waals surface area (Å²) in [5.41, 5.74) is 7.27. The molecule has 2 rings (SSSR count). The van der Waals surface area contributed by atoms with Crippen LogP contribution in [0.25, 0.3) is 0 Å². The average Bonchev–Trinajstić information content (AvgIpc) is 2.33. The fourth-order valence-corrected chi connectivity index (χ4v) is 1.31. The molecule has 0 aliphatic rings. The normalized spacial score (nSPS) is 10.1. The molecule has 4 heteroatoms. The first-order valence-electron chi connectivity index (χ1n) is 5.04. The minimum absolute atomic E-state index is 0.357. The highest BCUT2D eigenvalue weighted by molar-refractivity contribution is 5.32. The minimum atomic E-state index is 0.357. The van der Waals surface area contributed by atoms with E-state index < -0.39 is 0 Å². The summed E-state index contributed by atoms with van der Waals surface area (Å²) in [4.78, 5) is 8.29. The molecule has 0 radical (unpaired) electrons. The second-order valence-electron chi connectivity index (χ2n) is 3.39. The zero-order chi connectivity index (χ0) is 11.4. The SMILES string of the molecule is Cc1ccc(Oc2cccnc2CN)cn1. The Morgan fingerprint density at radius 1 is 1.25 bits per heavy atom. The number of pyridine rings is 2. The minimum Gasteiger partial charge on any atom is -0.454 e. The van der Waals surface area contributed by atoms with Gasteiger partial charge in [-0.2, -0.15) is 0 Å². The van der Waals surface area contributed by atoms with E-state index in [9.17, 15) is 0 Å². The molecule has 2 aromatic rings. The van der Waals surface area contributed by atoms with E-state index in [0.717, 1.165) is 11.4 Å². The lowest BCUT2D eigenvalue weighted by molar-refractivity contribution is 0.470. The third-order valence-electron chi connectivity index (χ3n) is 2.15. The Kier molecular flexibility index (Phi) is 3.12. The van der Waals surface area contributed by atoms with Gasteiger partial charge < -0.3 is 10.5 Å². The first kappa shape index (κ1) is 10.6. The van der Waals surface area contributed by atoms with Crippen LogP contribution in [0, 0.1) is 6.92 Å². The zero-order valence-electron chi connectivity index (χ0n) is 9.05. The fraction of sp³-hybridized carbons (Fsp3) is 0.167. The molecular formula is C12H13N3O. The molecule has 2 heterocycles. The molecule has 4 nitrogen and oxygen atoms in total. The standard InChI is InChI=1S/C12H13N3O/c1-9-4-5-10(8-15-9)16-12-3-2-6-14-11(12)7-13/h2-6,8H,7,13H2,1H3. The Hall–Kier alpha value is -1.94. The number of aryl methyl sites for hydroxylation is 1. The number of rotatable bonds is 3. The molecule has 0 aliphatic heterocycles. The van der Waals surface area contributed by atoms with Gasteiger partial charge in [-0.15, -0.1) is 0 Å². The predicted molar refractivity (Wildman–Crippen MR) is 61.2 cm³/mol. The second kappa shape index (κ2) is 4.72. The summed E-state index contributed by atoms with van der Waals surface area (Å²) >= 11 is 0.